The van der Waals surface area contributed by atoms with Crippen molar-refractivity contribution in [3.05, 3.63) is 27.1 Å². The molecular formula is C16H25Br2NO. The van der Waals surface area contributed by atoms with Crippen LogP contribution in [0.1, 0.15) is 46.5 Å². The third-order valence-corrected chi connectivity index (χ3v) is 3.99. The summed E-state index contributed by atoms with van der Waals surface area (Å²) in [4.78, 5) is 0. The first kappa shape index (κ1) is 18.0. The lowest BCUT2D eigenvalue weighted by molar-refractivity contribution is 0.302. The first-order chi connectivity index (χ1) is 9.38. The van der Waals surface area contributed by atoms with Crippen LogP contribution in [0, 0.1) is 0 Å². The Balaban J connectivity index is 2.05. The number of benzene rings is 1. The maximum atomic E-state index is 5.77. The van der Waals surface area contributed by atoms with Gasteiger partial charge in [0.1, 0.15) is 5.75 Å². The quantitative estimate of drug-likeness (QED) is 0.572. The Bertz CT molecular complexity index is 402. The van der Waals surface area contributed by atoms with Crippen molar-refractivity contribution in [1.29, 1.82) is 0 Å². The minimum absolute atomic E-state index is 0.233. The summed E-state index contributed by atoms with van der Waals surface area (Å²) in [7, 11) is 0. The summed E-state index contributed by atoms with van der Waals surface area (Å²) in [5.41, 5.74) is 0.233. The van der Waals surface area contributed by atoms with E-state index in [1.54, 1.807) is 0 Å². The van der Waals surface area contributed by atoms with Crippen LogP contribution in [-0.4, -0.2) is 18.7 Å². The van der Waals surface area contributed by atoms with E-state index in [-0.39, 0.29) is 5.54 Å². The molecule has 114 valence electrons. The second kappa shape index (κ2) is 9.06. The average Bonchev–Trinajstić information content (AvgIpc) is 2.33. The molecule has 0 amide bonds. The highest BCUT2D eigenvalue weighted by Crippen LogP contribution is 2.28. The molecule has 0 aromatic heterocycles. The van der Waals surface area contributed by atoms with E-state index in [4.69, 9.17) is 4.74 Å². The number of hydrogen-bond acceptors (Lipinski definition) is 2. The summed E-state index contributed by atoms with van der Waals surface area (Å²) in [5.74, 6) is 0.919. The molecule has 0 fully saturated rings. The molecule has 1 rings (SSSR count). The number of ether oxygens (including phenoxy) is 1. The average molecular weight is 407 g/mol. The third-order valence-electron chi connectivity index (χ3n) is 2.88. The fraction of sp³-hybridized carbons (Fsp3) is 0.625. The van der Waals surface area contributed by atoms with Gasteiger partial charge in [-0.15, -0.1) is 0 Å². The summed E-state index contributed by atoms with van der Waals surface area (Å²) in [5, 5.41) is 3.51. The van der Waals surface area contributed by atoms with Crippen molar-refractivity contribution in [2.24, 2.45) is 0 Å². The number of hydrogen-bond donors (Lipinski definition) is 1. The van der Waals surface area contributed by atoms with Crippen molar-refractivity contribution >= 4 is 31.9 Å². The van der Waals surface area contributed by atoms with Gasteiger partial charge in [0.05, 0.1) is 11.1 Å². The molecule has 0 heterocycles. The molecule has 1 N–H and O–H groups in total. The van der Waals surface area contributed by atoms with Gasteiger partial charge in [0.2, 0.25) is 0 Å². The Hall–Kier alpha value is -0.0600. The second-order valence-electron chi connectivity index (χ2n) is 6.01. The zero-order valence-corrected chi connectivity index (χ0v) is 15.8. The largest absolute Gasteiger partial charge is 0.492 e. The van der Waals surface area contributed by atoms with E-state index in [1.165, 1.54) is 19.3 Å². The molecule has 20 heavy (non-hydrogen) atoms. The van der Waals surface area contributed by atoms with Gasteiger partial charge in [-0.25, -0.2) is 0 Å². The van der Waals surface area contributed by atoms with Gasteiger partial charge in [-0.1, -0.05) is 28.8 Å². The lowest BCUT2D eigenvalue weighted by Gasteiger charge is -2.20. The van der Waals surface area contributed by atoms with Crippen LogP contribution >= 0.6 is 31.9 Å². The van der Waals surface area contributed by atoms with Crippen LogP contribution in [0.3, 0.4) is 0 Å². The van der Waals surface area contributed by atoms with Crippen LogP contribution in [0.5, 0.6) is 5.75 Å². The van der Waals surface area contributed by atoms with Gasteiger partial charge < -0.3 is 10.1 Å². The summed E-state index contributed by atoms with van der Waals surface area (Å²) in [6, 6.07) is 5.99. The van der Waals surface area contributed by atoms with E-state index in [0.717, 1.165) is 34.3 Å². The molecule has 4 heteroatoms. The number of halogens is 2. The van der Waals surface area contributed by atoms with Crippen LogP contribution in [0.2, 0.25) is 0 Å². The highest BCUT2D eigenvalue weighted by molar-refractivity contribution is 9.11. The smallest absolute Gasteiger partial charge is 0.133 e. The number of nitrogens with one attached hydrogen (secondary N) is 1. The van der Waals surface area contributed by atoms with Crippen molar-refractivity contribution in [2.75, 3.05) is 13.2 Å². The van der Waals surface area contributed by atoms with Crippen molar-refractivity contribution in [2.45, 2.75) is 52.0 Å². The van der Waals surface area contributed by atoms with Crippen LogP contribution in [-0.2, 0) is 0 Å². The minimum atomic E-state index is 0.233. The Kier molecular flexibility index (Phi) is 8.15. The Morgan fingerprint density at radius 1 is 1.05 bits per heavy atom. The summed E-state index contributed by atoms with van der Waals surface area (Å²) in [6.45, 7) is 8.50. The molecule has 0 spiro atoms. The molecule has 0 radical (unpaired) electrons. The molecule has 2 nitrogen and oxygen atoms in total. The Morgan fingerprint density at radius 3 is 2.40 bits per heavy atom. The van der Waals surface area contributed by atoms with Gasteiger partial charge in [-0.05, 0) is 74.3 Å². The molecule has 1 aromatic rings. The zero-order chi connectivity index (χ0) is 15.0. The SMILES string of the molecule is CC(C)(C)NCCCCCCOc1ccc(Br)cc1Br. The second-order valence-corrected chi connectivity index (χ2v) is 7.78. The Labute approximate surface area is 139 Å². The molecule has 1 aromatic carbocycles. The zero-order valence-electron chi connectivity index (χ0n) is 12.6. The standard InChI is InChI=1S/C16H25Br2NO/c1-16(2,3)19-10-6-4-5-7-11-20-15-9-8-13(17)12-14(15)18/h8-9,12,19H,4-7,10-11H2,1-3H3. The van der Waals surface area contributed by atoms with E-state index in [2.05, 4.69) is 57.9 Å². The molecular weight excluding hydrogens is 382 g/mol. The third kappa shape index (κ3) is 8.28. The fourth-order valence-electron chi connectivity index (χ4n) is 1.82. The van der Waals surface area contributed by atoms with Gasteiger partial charge in [0.15, 0.2) is 0 Å². The predicted octanol–water partition coefficient (Wildman–Crippen LogP) is 5.54. The van der Waals surface area contributed by atoms with Crippen molar-refractivity contribution in [3.8, 4) is 5.75 Å². The predicted molar refractivity (Wildman–Crippen MR) is 93.6 cm³/mol. The normalized spacial score (nSPS) is 11.7. The van der Waals surface area contributed by atoms with Gasteiger partial charge in [-0.2, -0.15) is 0 Å². The molecule has 0 unspecified atom stereocenters. The summed E-state index contributed by atoms with van der Waals surface area (Å²) in [6.07, 6.45) is 4.82. The van der Waals surface area contributed by atoms with Gasteiger partial charge in [0.25, 0.3) is 0 Å². The lowest BCUT2D eigenvalue weighted by atomic mass is 10.1. The van der Waals surface area contributed by atoms with Crippen LogP contribution < -0.4 is 10.1 Å². The molecule has 0 aliphatic carbocycles. The molecule has 0 bridgehead atoms. The van der Waals surface area contributed by atoms with E-state index >= 15 is 0 Å². The maximum absolute atomic E-state index is 5.77. The Morgan fingerprint density at radius 2 is 1.75 bits per heavy atom. The van der Waals surface area contributed by atoms with Crippen LogP contribution in [0.4, 0.5) is 0 Å². The fourth-order valence-corrected chi connectivity index (χ4v) is 2.98. The molecule has 0 aliphatic rings. The lowest BCUT2D eigenvalue weighted by Crippen LogP contribution is -2.36. The monoisotopic (exact) mass is 405 g/mol. The maximum Gasteiger partial charge on any atom is 0.133 e. The van der Waals surface area contributed by atoms with Crippen molar-refractivity contribution in [3.63, 3.8) is 0 Å². The van der Waals surface area contributed by atoms with E-state index in [0.29, 0.717) is 0 Å². The highest BCUT2D eigenvalue weighted by Gasteiger charge is 2.06. The summed E-state index contributed by atoms with van der Waals surface area (Å²) < 4.78 is 7.83. The topological polar surface area (TPSA) is 21.3 Å². The molecule has 0 atom stereocenters. The molecule has 0 aliphatic heterocycles. The first-order valence-electron chi connectivity index (χ1n) is 7.21. The van der Waals surface area contributed by atoms with Crippen molar-refractivity contribution < 1.29 is 4.74 Å². The molecule has 0 saturated carbocycles. The minimum Gasteiger partial charge on any atom is -0.492 e. The van der Waals surface area contributed by atoms with Gasteiger partial charge >= 0.3 is 0 Å². The molecule has 0 saturated heterocycles. The van der Waals surface area contributed by atoms with Crippen LogP contribution in [0.15, 0.2) is 27.1 Å². The van der Waals surface area contributed by atoms with E-state index in [9.17, 15) is 0 Å². The van der Waals surface area contributed by atoms with E-state index < -0.39 is 0 Å². The van der Waals surface area contributed by atoms with Crippen LogP contribution in [0.25, 0.3) is 0 Å². The number of rotatable bonds is 8. The summed E-state index contributed by atoms with van der Waals surface area (Å²) >= 11 is 6.94. The van der Waals surface area contributed by atoms with Gasteiger partial charge in [0, 0.05) is 10.0 Å². The van der Waals surface area contributed by atoms with Crippen molar-refractivity contribution in [1.82, 2.24) is 5.32 Å². The first-order valence-corrected chi connectivity index (χ1v) is 8.80. The van der Waals surface area contributed by atoms with Gasteiger partial charge in [-0.3, -0.25) is 0 Å². The number of unbranched alkanes of at least 4 members (excludes halogenated alkanes) is 3. The van der Waals surface area contributed by atoms with E-state index in [1.807, 2.05) is 18.2 Å². The highest BCUT2D eigenvalue weighted by atomic mass is 79.9.